The Morgan fingerprint density at radius 2 is 2.04 bits per heavy atom. The number of nitrogens with zero attached hydrogens (tertiary/aromatic N) is 1. The van der Waals surface area contributed by atoms with Gasteiger partial charge < -0.3 is 15.1 Å². The van der Waals surface area contributed by atoms with Gasteiger partial charge in [0, 0.05) is 24.2 Å². The van der Waals surface area contributed by atoms with Crippen molar-refractivity contribution in [3.8, 4) is 0 Å². The molecule has 26 heavy (non-hydrogen) atoms. The van der Waals surface area contributed by atoms with Gasteiger partial charge in [0.15, 0.2) is 0 Å². The van der Waals surface area contributed by atoms with Crippen LogP contribution in [0.1, 0.15) is 29.8 Å². The second kappa shape index (κ2) is 8.48. The van der Waals surface area contributed by atoms with E-state index in [1.165, 1.54) is 24.7 Å². The molecule has 1 unspecified atom stereocenters. The van der Waals surface area contributed by atoms with Gasteiger partial charge in [0.2, 0.25) is 5.91 Å². The first-order valence-corrected chi connectivity index (χ1v) is 8.21. The first kappa shape index (κ1) is 19.5. The summed E-state index contributed by atoms with van der Waals surface area (Å²) in [5, 5.41) is 16.0. The number of furan rings is 1. The molecule has 0 bridgehead atoms. The Morgan fingerprint density at radius 1 is 1.31 bits per heavy atom. The van der Waals surface area contributed by atoms with Crippen LogP contribution < -0.4 is 10.6 Å². The third-order valence-corrected chi connectivity index (χ3v) is 4.00. The van der Waals surface area contributed by atoms with Gasteiger partial charge in [0.25, 0.3) is 11.6 Å². The van der Waals surface area contributed by atoms with E-state index >= 15 is 0 Å². The Morgan fingerprint density at radius 3 is 2.58 bits per heavy atom. The van der Waals surface area contributed by atoms with Crippen molar-refractivity contribution in [3.63, 3.8) is 0 Å². The van der Waals surface area contributed by atoms with Crippen LogP contribution in [0.5, 0.6) is 0 Å². The number of non-ortho nitro benzene ring substituents is 1. The fourth-order valence-electron chi connectivity index (χ4n) is 2.25. The van der Waals surface area contributed by atoms with Crippen LogP contribution in [0.2, 0.25) is 5.02 Å². The molecule has 0 aliphatic carbocycles. The summed E-state index contributed by atoms with van der Waals surface area (Å²) < 4.78 is 4.93. The lowest BCUT2D eigenvalue weighted by molar-refractivity contribution is -0.384. The Bertz CT molecular complexity index is 805. The third kappa shape index (κ3) is 4.82. The number of amides is 2. The zero-order valence-corrected chi connectivity index (χ0v) is 14.9. The van der Waals surface area contributed by atoms with Crippen molar-refractivity contribution in [1.29, 1.82) is 0 Å². The van der Waals surface area contributed by atoms with E-state index in [1.807, 2.05) is 0 Å². The summed E-state index contributed by atoms with van der Waals surface area (Å²) in [7, 11) is 0. The molecule has 8 nitrogen and oxygen atoms in total. The lowest BCUT2D eigenvalue weighted by Gasteiger charge is -2.22. The summed E-state index contributed by atoms with van der Waals surface area (Å²) in [6.07, 6.45) is 3.01. The summed E-state index contributed by atoms with van der Waals surface area (Å²) in [4.78, 5) is 35.0. The fraction of sp³-hybridized carbons (Fsp3) is 0.294. The van der Waals surface area contributed by atoms with E-state index in [9.17, 15) is 19.7 Å². The van der Waals surface area contributed by atoms with Crippen LogP contribution in [-0.2, 0) is 11.3 Å². The molecular weight excluding hydrogens is 362 g/mol. The molecule has 0 spiro atoms. The molecular formula is C17H18ClN3O5. The Balaban J connectivity index is 2.07. The van der Waals surface area contributed by atoms with Gasteiger partial charge >= 0.3 is 0 Å². The van der Waals surface area contributed by atoms with Crippen molar-refractivity contribution >= 4 is 29.1 Å². The number of nitro groups is 1. The molecule has 0 aliphatic heterocycles. The monoisotopic (exact) mass is 379 g/mol. The molecule has 0 radical (unpaired) electrons. The first-order valence-electron chi connectivity index (χ1n) is 7.83. The number of carbonyl (C=O) groups excluding carboxylic acids is 2. The number of halogens is 1. The summed E-state index contributed by atoms with van der Waals surface area (Å²) in [5.41, 5.74) is 0.640. The summed E-state index contributed by atoms with van der Waals surface area (Å²) in [5.74, 6) is -1.12. The molecule has 2 amide bonds. The van der Waals surface area contributed by atoms with Gasteiger partial charge in [-0.2, -0.15) is 0 Å². The molecule has 1 heterocycles. The maximum absolute atomic E-state index is 12.4. The number of nitrogens with one attached hydrogen (secondary N) is 2. The van der Waals surface area contributed by atoms with Crippen molar-refractivity contribution in [1.82, 2.24) is 10.6 Å². The lowest BCUT2D eigenvalue weighted by atomic mass is 10.0. The predicted octanol–water partition coefficient (Wildman–Crippen LogP) is 2.91. The fourth-order valence-corrected chi connectivity index (χ4v) is 2.51. The minimum atomic E-state index is -0.791. The van der Waals surface area contributed by atoms with E-state index < -0.39 is 16.9 Å². The van der Waals surface area contributed by atoms with E-state index in [2.05, 4.69) is 10.6 Å². The molecule has 0 aliphatic rings. The third-order valence-electron chi connectivity index (χ3n) is 3.69. The molecule has 2 aromatic rings. The van der Waals surface area contributed by atoms with Gasteiger partial charge in [0.1, 0.15) is 6.04 Å². The molecule has 2 N–H and O–H groups in total. The van der Waals surface area contributed by atoms with Gasteiger partial charge in [-0.05, 0) is 18.1 Å². The highest BCUT2D eigenvalue weighted by atomic mass is 35.5. The van der Waals surface area contributed by atoms with Crippen molar-refractivity contribution in [2.45, 2.75) is 26.4 Å². The standard InChI is InChI=1S/C17H18ClN3O5/c1-10(2)15(17(23)19-8-11-5-6-26-9-11)20-16(22)13-4-3-12(21(24)25)7-14(13)18/h3-7,9-10,15H,8H2,1-2H3,(H,19,23)(H,20,22). The summed E-state index contributed by atoms with van der Waals surface area (Å²) in [6, 6.07) is 4.47. The Hall–Kier alpha value is -2.87. The second-order valence-electron chi connectivity index (χ2n) is 5.97. The predicted molar refractivity (Wildman–Crippen MR) is 94.8 cm³/mol. The Labute approximate surface area is 154 Å². The van der Waals surface area contributed by atoms with E-state index in [0.717, 1.165) is 11.6 Å². The van der Waals surface area contributed by atoms with Gasteiger partial charge in [-0.3, -0.25) is 19.7 Å². The number of nitro benzene ring substituents is 1. The number of benzene rings is 1. The minimum Gasteiger partial charge on any atom is -0.472 e. The average molecular weight is 380 g/mol. The van der Waals surface area contributed by atoms with Crippen LogP contribution >= 0.6 is 11.6 Å². The first-order chi connectivity index (χ1) is 12.3. The molecule has 1 atom stereocenters. The maximum Gasteiger partial charge on any atom is 0.270 e. The van der Waals surface area contributed by atoms with Crippen molar-refractivity contribution in [2.24, 2.45) is 5.92 Å². The van der Waals surface area contributed by atoms with Gasteiger partial charge in [-0.15, -0.1) is 0 Å². The molecule has 0 fully saturated rings. The average Bonchev–Trinajstić information content (AvgIpc) is 3.10. The number of hydrogen-bond donors (Lipinski definition) is 2. The van der Waals surface area contributed by atoms with Crippen LogP contribution in [0.4, 0.5) is 5.69 Å². The molecule has 2 rings (SSSR count). The minimum absolute atomic E-state index is 0.0574. The molecule has 9 heteroatoms. The van der Waals surface area contributed by atoms with Crippen LogP contribution in [0.3, 0.4) is 0 Å². The highest BCUT2D eigenvalue weighted by Gasteiger charge is 2.26. The van der Waals surface area contributed by atoms with E-state index in [1.54, 1.807) is 19.9 Å². The quantitative estimate of drug-likeness (QED) is 0.567. The molecule has 0 saturated carbocycles. The molecule has 138 valence electrons. The van der Waals surface area contributed by atoms with Crippen molar-refractivity contribution < 1.29 is 18.9 Å². The molecule has 0 saturated heterocycles. The normalized spacial score (nSPS) is 11.8. The van der Waals surface area contributed by atoms with Crippen LogP contribution in [0.15, 0.2) is 41.2 Å². The second-order valence-corrected chi connectivity index (χ2v) is 6.37. The van der Waals surface area contributed by atoms with Crippen molar-refractivity contribution in [2.75, 3.05) is 0 Å². The van der Waals surface area contributed by atoms with E-state index in [-0.39, 0.29) is 34.6 Å². The zero-order valence-electron chi connectivity index (χ0n) is 14.2. The number of hydrogen-bond acceptors (Lipinski definition) is 5. The Kier molecular flexibility index (Phi) is 6.35. The molecule has 1 aromatic carbocycles. The number of carbonyl (C=O) groups is 2. The van der Waals surface area contributed by atoms with E-state index in [0.29, 0.717) is 0 Å². The highest BCUT2D eigenvalue weighted by Crippen LogP contribution is 2.22. The van der Waals surface area contributed by atoms with E-state index in [4.69, 9.17) is 16.0 Å². The highest BCUT2D eigenvalue weighted by molar-refractivity contribution is 6.34. The topological polar surface area (TPSA) is 114 Å². The van der Waals surface area contributed by atoms with Crippen LogP contribution in [-0.4, -0.2) is 22.8 Å². The summed E-state index contributed by atoms with van der Waals surface area (Å²) >= 11 is 5.96. The SMILES string of the molecule is CC(C)C(NC(=O)c1ccc([N+](=O)[O-])cc1Cl)C(=O)NCc1ccoc1. The number of rotatable bonds is 7. The summed E-state index contributed by atoms with van der Waals surface area (Å²) in [6.45, 7) is 3.85. The molecule has 1 aromatic heterocycles. The zero-order chi connectivity index (χ0) is 19.3. The van der Waals surface area contributed by atoms with Gasteiger partial charge in [-0.1, -0.05) is 25.4 Å². The largest absolute Gasteiger partial charge is 0.472 e. The van der Waals surface area contributed by atoms with Gasteiger partial charge in [-0.25, -0.2) is 0 Å². The van der Waals surface area contributed by atoms with Gasteiger partial charge in [0.05, 0.1) is 28.0 Å². The van der Waals surface area contributed by atoms with Crippen molar-refractivity contribution in [3.05, 3.63) is 63.1 Å². The lowest BCUT2D eigenvalue weighted by Crippen LogP contribution is -2.49. The van der Waals surface area contributed by atoms with Crippen LogP contribution in [0, 0.1) is 16.0 Å². The smallest absolute Gasteiger partial charge is 0.270 e. The maximum atomic E-state index is 12.4. The van der Waals surface area contributed by atoms with Crippen LogP contribution in [0.25, 0.3) is 0 Å².